The van der Waals surface area contributed by atoms with E-state index in [4.69, 9.17) is 9.84 Å². The monoisotopic (exact) mass is 224 g/mol. The van der Waals surface area contributed by atoms with Crippen molar-refractivity contribution < 1.29 is 14.6 Å². The lowest BCUT2D eigenvalue weighted by molar-refractivity contribution is -0.138. The van der Waals surface area contributed by atoms with E-state index >= 15 is 0 Å². The maximum Gasteiger partial charge on any atom is 0.322 e. The average molecular weight is 224 g/mol. The molecule has 0 bridgehead atoms. The highest BCUT2D eigenvalue weighted by Gasteiger charge is 2.14. The molecule has 1 aromatic rings. The van der Waals surface area contributed by atoms with Crippen LogP contribution in [0.5, 0.6) is 5.75 Å². The molecule has 0 spiro atoms. The van der Waals surface area contributed by atoms with E-state index in [9.17, 15) is 4.79 Å². The normalized spacial score (nSPS) is 11.9. The molecule has 0 radical (unpaired) electrons. The van der Waals surface area contributed by atoms with E-state index in [1.165, 1.54) is 0 Å². The number of likely N-dealkylation sites (N-methyl/N-ethyl adjacent to an activating group) is 1. The largest absolute Gasteiger partial charge is 0.495 e. The second kappa shape index (κ2) is 5.97. The Morgan fingerprint density at radius 2 is 2.19 bits per heavy atom. The van der Waals surface area contributed by atoms with Crippen LogP contribution >= 0.6 is 0 Å². The summed E-state index contributed by atoms with van der Waals surface area (Å²) in [4.78, 5) is 10.8. The zero-order valence-corrected chi connectivity index (χ0v) is 9.36. The Morgan fingerprint density at radius 1 is 1.50 bits per heavy atom. The second-order valence-corrected chi connectivity index (χ2v) is 3.26. The first-order valence-corrected chi connectivity index (χ1v) is 4.96. The van der Waals surface area contributed by atoms with E-state index in [2.05, 4.69) is 10.6 Å². The molecule has 5 nitrogen and oxygen atoms in total. The van der Waals surface area contributed by atoms with Gasteiger partial charge in [-0.05, 0) is 19.2 Å². The summed E-state index contributed by atoms with van der Waals surface area (Å²) in [7, 11) is 3.19. The molecule has 0 aromatic heterocycles. The number of nitrogens with one attached hydrogen (secondary N) is 2. The number of carboxylic acid groups (broad SMARTS) is 1. The fraction of sp³-hybridized carbons (Fsp3) is 0.364. The minimum Gasteiger partial charge on any atom is -0.495 e. The fourth-order valence-corrected chi connectivity index (χ4v) is 1.32. The molecule has 16 heavy (non-hydrogen) atoms. The maximum atomic E-state index is 10.8. The molecular formula is C11H16N2O3. The lowest BCUT2D eigenvalue weighted by Gasteiger charge is -2.15. The molecule has 0 aliphatic carbocycles. The third kappa shape index (κ3) is 3.13. The lowest BCUT2D eigenvalue weighted by Crippen LogP contribution is -2.39. The molecular weight excluding hydrogens is 208 g/mol. The minimum absolute atomic E-state index is 0.298. The topological polar surface area (TPSA) is 70.6 Å². The van der Waals surface area contributed by atoms with Gasteiger partial charge in [0.05, 0.1) is 12.8 Å². The Kier molecular flexibility index (Phi) is 4.60. The predicted octanol–water partition coefficient (Wildman–Crippen LogP) is 0.780. The summed E-state index contributed by atoms with van der Waals surface area (Å²) in [6.07, 6.45) is 0. The summed E-state index contributed by atoms with van der Waals surface area (Å²) >= 11 is 0. The van der Waals surface area contributed by atoms with E-state index in [-0.39, 0.29) is 0 Å². The van der Waals surface area contributed by atoms with Crippen molar-refractivity contribution in [3.63, 3.8) is 0 Å². The third-order valence-corrected chi connectivity index (χ3v) is 2.25. The van der Waals surface area contributed by atoms with Crippen LogP contribution in [0.3, 0.4) is 0 Å². The third-order valence-electron chi connectivity index (χ3n) is 2.25. The highest BCUT2D eigenvalue weighted by Crippen LogP contribution is 2.22. The van der Waals surface area contributed by atoms with Gasteiger partial charge in [-0.3, -0.25) is 4.79 Å². The molecule has 88 valence electrons. The van der Waals surface area contributed by atoms with Crippen LogP contribution in [0.25, 0.3) is 0 Å². The van der Waals surface area contributed by atoms with Crippen LogP contribution in [-0.4, -0.2) is 37.8 Å². The van der Waals surface area contributed by atoms with Crippen molar-refractivity contribution in [1.29, 1.82) is 0 Å². The van der Waals surface area contributed by atoms with Gasteiger partial charge in [-0.1, -0.05) is 12.1 Å². The molecule has 1 atom stereocenters. The van der Waals surface area contributed by atoms with Crippen LogP contribution in [-0.2, 0) is 4.79 Å². The minimum atomic E-state index is -0.884. The molecule has 1 rings (SSSR count). The highest BCUT2D eigenvalue weighted by atomic mass is 16.5. The van der Waals surface area contributed by atoms with Gasteiger partial charge in [0.15, 0.2) is 0 Å². The van der Waals surface area contributed by atoms with Gasteiger partial charge in [0.1, 0.15) is 11.8 Å². The number of aliphatic carboxylic acids is 1. The second-order valence-electron chi connectivity index (χ2n) is 3.26. The number of hydrogen-bond acceptors (Lipinski definition) is 4. The zero-order chi connectivity index (χ0) is 12.0. The summed E-state index contributed by atoms with van der Waals surface area (Å²) < 4.78 is 5.14. The standard InChI is InChI=1S/C11H16N2O3/c1-12-9(11(14)15)7-13-8-5-3-4-6-10(8)16-2/h3-6,9,12-13H,7H2,1-2H3,(H,14,15). The molecule has 0 aliphatic heterocycles. The van der Waals surface area contributed by atoms with Crippen molar-refractivity contribution in [2.75, 3.05) is 26.0 Å². The fourth-order valence-electron chi connectivity index (χ4n) is 1.32. The number of anilines is 1. The summed E-state index contributed by atoms with van der Waals surface area (Å²) in [5, 5.41) is 14.6. The maximum absolute atomic E-state index is 10.8. The smallest absolute Gasteiger partial charge is 0.322 e. The van der Waals surface area contributed by atoms with E-state index in [1.54, 1.807) is 14.2 Å². The van der Waals surface area contributed by atoms with E-state index in [1.807, 2.05) is 24.3 Å². The van der Waals surface area contributed by atoms with Crippen LogP contribution in [0, 0.1) is 0 Å². The molecule has 0 aliphatic rings. The van der Waals surface area contributed by atoms with Crippen LogP contribution in [0.15, 0.2) is 24.3 Å². The Hall–Kier alpha value is -1.75. The molecule has 0 amide bonds. The molecule has 5 heteroatoms. The number of rotatable bonds is 6. The first-order chi connectivity index (χ1) is 7.69. The van der Waals surface area contributed by atoms with Gasteiger partial charge in [0, 0.05) is 6.54 Å². The van der Waals surface area contributed by atoms with Gasteiger partial charge in [-0.2, -0.15) is 0 Å². The molecule has 0 saturated heterocycles. The number of carbonyl (C=O) groups is 1. The molecule has 0 fully saturated rings. The van der Waals surface area contributed by atoms with Gasteiger partial charge >= 0.3 is 5.97 Å². The van der Waals surface area contributed by atoms with Crippen molar-refractivity contribution in [2.45, 2.75) is 6.04 Å². The molecule has 0 saturated carbocycles. The van der Waals surface area contributed by atoms with Crippen molar-refractivity contribution in [3.05, 3.63) is 24.3 Å². The van der Waals surface area contributed by atoms with Crippen molar-refractivity contribution in [2.24, 2.45) is 0 Å². The zero-order valence-electron chi connectivity index (χ0n) is 9.36. The number of para-hydroxylation sites is 2. The van der Waals surface area contributed by atoms with Crippen molar-refractivity contribution >= 4 is 11.7 Å². The van der Waals surface area contributed by atoms with Crippen LogP contribution < -0.4 is 15.4 Å². The van der Waals surface area contributed by atoms with Gasteiger partial charge in [0.25, 0.3) is 0 Å². The summed E-state index contributed by atoms with van der Waals surface area (Å²) in [5.74, 6) is -0.187. The Balaban J connectivity index is 2.63. The predicted molar refractivity (Wildman–Crippen MR) is 62.0 cm³/mol. The lowest BCUT2D eigenvalue weighted by atomic mass is 10.2. The van der Waals surface area contributed by atoms with Crippen molar-refractivity contribution in [1.82, 2.24) is 5.32 Å². The number of methoxy groups -OCH3 is 1. The molecule has 1 unspecified atom stereocenters. The number of carboxylic acids is 1. The van der Waals surface area contributed by atoms with Crippen LogP contribution in [0.2, 0.25) is 0 Å². The first-order valence-electron chi connectivity index (χ1n) is 4.96. The van der Waals surface area contributed by atoms with E-state index in [0.29, 0.717) is 12.3 Å². The van der Waals surface area contributed by atoms with Crippen molar-refractivity contribution in [3.8, 4) is 5.75 Å². The van der Waals surface area contributed by atoms with Crippen LogP contribution in [0.1, 0.15) is 0 Å². The molecule has 0 heterocycles. The molecule has 1 aromatic carbocycles. The summed E-state index contributed by atoms with van der Waals surface area (Å²) in [6.45, 7) is 0.298. The van der Waals surface area contributed by atoms with Crippen LogP contribution in [0.4, 0.5) is 5.69 Å². The number of hydrogen-bond donors (Lipinski definition) is 3. The number of ether oxygens (including phenoxy) is 1. The average Bonchev–Trinajstić information content (AvgIpc) is 2.30. The highest BCUT2D eigenvalue weighted by molar-refractivity contribution is 5.74. The van der Waals surface area contributed by atoms with E-state index in [0.717, 1.165) is 5.69 Å². The van der Waals surface area contributed by atoms with Gasteiger partial charge in [-0.25, -0.2) is 0 Å². The Labute approximate surface area is 94.4 Å². The Morgan fingerprint density at radius 3 is 2.75 bits per heavy atom. The quantitative estimate of drug-likeness (QED) is 0.666. The van der Waals surface area contributed by atoms with Gasteiger partial charge in [0.2, 0.25) is 0 Å². The van der Waals surface area contributed by atoms with Gasteiger partial charge < -0.3 is 20.5 Å². The summed E-state index contributed by atoms with van der Waals surface area (Å²) in [6, 6.07) is 6.76. The summed E-state index contributed by atoms with van der Waals surface area (Å²) in [5.41, 5.74) is 0.784. The SMILES string of the molecule is CNC(CNc1ccccc1OC)C(=O)O. The van der Waals surface area contributed by atoms with Gasteiger partial charge in [-0.15, -0.1) is 0 Å². The Bertz CT molecular complexity index is 355. The van der Waals surface area contributed by atoms with E-state index < -0.39 is 12.0 Å². The number of benzene rings is 1. The molecule has 3 N–H and O–H groups in total. The first kappa shape index (κ1) is 12.3.